The van der Waals surface area contributed by atoms with E-state index in [1.165, 1.54) is 0 Å². The van der Waals surface area contributed by atoms with Crippen molar-refractivity contribution in [2.24, 2.45) is 0 Å². The Kier molecular flexibility index (Phi) is 5.62. The molecule has 0 heterocycles. The van der Waals surface area contributed by atoms with Gasteiger partial charge in [-0.2, -0.15) is 13.2 Å². The molecule has 6 heteroatoms. The standard InChI is InChI=1S/C13H17F3O3/c1-3-19-12-5-4-9(2)6-10(12)11(17)7-18-8-13(14,15)16/h4-6,11,17H,3,7-8H2,1-2H3. The molecule has 19 heavy (non-hydrogen) atoms. The van der Waals surface area contributed by atoms with E-state index in [2.05, 4.69) is 4.74 Å². The van der Waals surface area contributed by atoms with Crippen LogP contribution in [-0.4, -0.2) is 31.1 Å². The molecule has 0 bridgehead atoms. The lowest BCUT2D eigenvalue weighted by Crippen LogP contribution is -2.20. The average molecular weight is 278 g/mol. The third-order valence-corrected chi connectivity index (χ3v) is 2.37. The van der Waals surface area contributed by atoms with Crippen LogP contribution in [0, 0.1) is 6.92 Å². The zero-order valence-corrected chi connectivity index (χ0v) is 10.8. The summed E-state index contributed by atoms with van der Waals surface area (Å²) in [6, 6.07) is 5.16. The molecule has 1 rings (SSSR count). The zero-order valence-electron chi connectivity index (χ0n) is 10.8. The highest BCUT2D eigenvalue weighted by Crippen LogP contribution is 2.27. The minimum atomic E-state index is -4.39. The minimum Gasteiger partial charge on any atom is -0.493 e. The molecule has 0 aliphatic rings. The lowest BCUT2D eigenvalue weighted by Gasteiger charge is -2.17. The molecule has 0 aliphatic carbocycles. The van der Waals surface area contributed by atoms with E-state index in [-0.39, 0.29) is 0 Å². The summed E-state index contributed by atoms with van der Waals surface area (Å²) in [6.45, 7) is 2.22. The number of alkyl halides is 3. The van der Waals surface area contributed by atoms with Gasteiger partial charge in [0.05, 0.1) is 13.2 Å². The molecule has 0 saturated heterocycles. The molecule has 0 aromatic heterocycles. The van der Waals surface area contributed by atoms with Crippen LogP contribution in [0.15, 0.2) is 18.2 Å². The lowest BCUT2D eigenvalue weighted by molar-refractivity contribution is -0.179. The molecule has 0 spiro atoms. The van der Waals surface area contributed by atoms with Crippen molar-refractivity contribution in [3.05, 3.63) is 29.3 Å². The Morgan fingerprint density at radius 1 is 1.32 bits per heavy atom. The van der Waals surface area contributed by atoms with Crippen LogP contribution in [0.3, 0.4) is 0 Å². The Morgan fingerprint density at radius 2 is 2.00 bits per heavy atom. The van der Waals surface area contributed by atoms with Crippen LogP contribution in [-0.2, 0) is 4.74 Å². The number of aryl methyl sites for hydroxylation is 1. The predicted molar refractivity (Wildman–Crippen MR) is 64.2 cm³/mol. The number of hydrogen-bond donors (Lipinski definition) is 1. The van der Waals surface area contributed by atoms with Gasteiger partial charge in [-0.25, -0.2) is 0 Å². The zero-order chi connectivity index (χ0) is 14.5. The molecular formula is C13H17F3O3. The first-order valence-corrected chi connectivity index (χ1v) is 5.89. The Labute approximate surface area is 110 Å². The number of rotatable bonds is 6. The van der Waals surface area contributed by atoms with Gasteiger partial charge in [-0.05, 0) is 26.0 Å². The Morgan fingerprint density at radius 3 is 2.58 bits per heavy atom. The van der Waals surface area contributed by atoms with Gasteiger partial charge in [-0.3, -0.25) is 0 Å². The Hall–Kier alpha value is -1.27. The summed E-state index contributed by atoms with van der Waals surface area (Å²) in [5.41, 5.74) is 1.32. The van der Waals surface area contributed by atoms with Crippen LogP contribution >= 0.6 is 0 Å². The van der Waals surface area contributed by atoms with E-state index in [0.29, 0.717) is 17.9 Å². The Bertz CT molecular complexity index is 405. The van der Waals surface area contributed by atoms with Crippen molar-refractivity contribution in [1.82, 2.24) is 0 Å². The van der Waals surface area contributed by atoms with E-state index in [4.69, 9.17) is 4.74 Å². The Balaban J connectivity index is 2.69. The summed E-state index contributed by atoms with van der Waals surface area (Å²) in [5, 5.41) is 9.88. The second kappa shape index (κ2) is 6.77. The smallest absolute Gasteiger partial charge is 0.411 e. The van der Waals surface area contributed by atoms with Gasteiger partial charge < -0.3 is 14.6 Å². The quantitative estimate of drug-likeness (QED) is 0.869. The van der Waals surface area contributed by atoms with E-state index in [1.807, 2.05) is 6.92 Å². The predicted octanol–water partition coefficient (Wildman–Crippen LogP) is 3.01. The summed E-state index contributed by atoms with van der Waals surface area (Å²) in [4.78, 5) is 0. The SMILES string of the molecule is CCOc1ccc(C)cc1C(O)COCC(F)(F)F. The highest BCUT2D eigenvalue weighted by atomic mass is 19.4. The van der Waals surface area contributed by atoms with Gasteiger partial charge in [0.15, 0.2) is 0 Å². The van der Waals surface area contributed by atoms with Crippen LogP contribution in [0.5, 0.6) is 5.75 Å². The lowest BCUT2D eigenvalue weighted by atomic mass is 10.1. The van der Waals surface area contributed by atoms with Gasteiger partial charge >= 0.3 is 6.18 Å². The fourth-order valence-electron chi connectivity index (χ4n) is 1.59. The van der Waals surface area contributed by atoms with Crippen molar-refractivity contribution in [2.45, 2.75) is 26.1 Å². The summed E-state index contributed by atoms with van der Waals surface area (Å²) in [6.07, 6.45) is -5.54. The van der Waals surface area contributed by atoms with Gasteiger partial charge in [0.1, 0.15) is 18.5 Å². The van der Waals surface area contributed by atoms with Crippen molar-refractivity contribution >= 4 is 0 Å². The topological polar surface area (TPSA) is 38.7 Å². The first-order valence-electron chi connectivity index (χ1n) is 5.89. The monoisotopic (exact) mass is 278 g/mol. The average Bonchev–Trinajstić information content (AvgIpc) is 2.30. The molecule has 1 aromatic carbocycles. The third-order valence-electron chi connectivity index (χ3n) is 2.37. The summed E-state index contributed by atoms with van der Waals surface area (Å²) >= 11 is 0. The second-order valence-electron chi connectivity index (χ2n) is 4.12. The number of aliphatic hydroxyl groups is 1. The molecule has 0 amide bonds. The maximum atomic E-state index is 11.9. The van der Waals surface area contributed by atoms with E-state index in [9.17, 15) is 18.3 Å². The molecule has 0 aliphatic heterocycles. The van der Waals surface area contributed by atoms with Gasteiger partial charge in [0, 0.05) is 5.56 Å². The van der Waals surface area contributed by atoms with Gasteiger partial charge in [0.2, 0.25) is 0 Å². The maximum Gasteiger partial charge on any atom is 0.411 e. The molecule has 0 saturated carbocycles. The highest BCUT2D eigenvalue weighted by Gasteiger charge is 2.28. The first kappa shape index (κ1) is 15.8. The minimum absolute atomic E-state index is 0.409. The summed E-state index contributed by atoms with van der Waals surface area (Å²) < 4.78 is 45.6. The van der Waals surface area contributed by atoms with Gasteiger partial charge in [-0.15, -0.1) is 0 Å². The summed E-state index contributed by atoms with van der Waals surface area (Å²) in [7, 11) is 0. The molecule has 1 aromatic rings. The van der Waals surface area contributed by atoms with E-state index in [1.54, 1.807) is 25.1 Å². The van der Waals surface area contributed by atoms with Crippen LogP contribution in [0.2, 0.25) is 0 Å². The number of ether oxygens (including phenoxy) is 2. The fraction of sp³-hybridized carbons (Fsp3) is 0.538. The summed E-state index contributed by atoms with van der Waals surface area (Å²) in [5.74, 6) is 0.455. The van der Waals surface area contributed by atoms with Gasteiger partial charge in [-0.1, -0.05) is 11.6 Å². The number of benzene rings is 1. The fourth-order valence-corrected chi connectivity index (χ4v) is 1.59. The molecule has 1 atom stereocenters. The molecular weight excluding hydrogens is 261 g/mol. The van der Waals surface area contributed by atoms with Crippen molar-refractivity contribution < 1.29 is 27.8 Å². The van der Waals surface area contributed by atoms with E-state index < -0.39 is 25.5 Å². The maximum absolute atomic E-state index is 11.9. The van der Waals surface area contributed by atoms with Crippen molar-refractivity contribution in [3.8, 4) is 5.75 Å². The highest BCUT2D eigenvalue weighted by molar-refractivity contribution is 5.38. The van der Waals surface area contributed by atoms with Crippen molar-refractivity contribution in [1.29, 1.82) is 0 Å². The van der Waals surface area contributed by atoms with Crippen LogP contribution < -0.4 is 4.74 Å². The van der Waals surface area contributed by atoms with Crippen LogP contribution in [0.1, 0.15) is 24.2 Å². The normalized spacial score (nSPS) is 13.4. The first-order chi connectivity index (χ1) is 8.83. The largest absolute Gasteiger partial charge is 0.493 e. The number of aliphatic hydroxyl groups excluding tert-OH is 1. The third kappa shape index (κ3) is 5.48. The molecule has 0 radical (unpaired) electrons. The van der Waals surface area contributed by atoms with Crippen molar-refractivity contribution in [2.75, 3.05) is 19.8 Å². The van der Waals surface area contributed by atoms with Gasteiger partial charge in [0.25, 0.3) is 0 Å². The molecule has 3 nitrogen and oxygen atoms in total. The van der Waals surface area contributed by atoms with Crippen molar-refractivity contribution in [3.63, 3.8) is 0 Å². The van der Waals surface area contributed by atoms with E-state index >= 15 is 0 Å². The van der Waals surface area contributed by atoms with E-state index in [0.717, 1.165) is 5.56 Å². The molecule has 1 N–H and O–H groups in total. The molecule has 0 fully saturated rings. The second-order valence-corrected chi connectivity index (χ2v) is 4.12. The molecule has 108 valence electrons. The van der Waals surface area contributed by atoms with Crippen LogP contribution in [0.25, 0.3) is 0 Å². The van der Waals surface area contributed by atoms with Crippen LogP contribution in [0.4, 0.5) is 13.2 Å². The number of halogens is 3. The molecule has 1 unspecified atom stereocenters. The number of hydrogen-bond acceptors (Lipinski definition) is 3.